The van der Waals surface area contributed by atoms with Crippen LogP contribution in [0.1, 0.15) is 96.8 Å². The molecule has 1 heterocycles. The van der Waals surface area contributed by atoms with Crippen LogP contribution in [0.3, 0.4) is 0 Å². The summed E-state index contributed by atoms with van der Waals surface area (Å²) in [4.78, 5) is 0. The maximum atomic E-state index is 11.0. The van der Waals surface area contributed by atoms with Gasteiger partial charge in [0.2, 0.25) is 0 Å². The van der Waals surface area contributed by atoms with Crippen molar-refractivity contribution in [2.24, 2.45) is 0 Å². The number of ether oxygens (including phenoxy) is 2. The van der Waals surface area contributed by atoms with Crippen molar-refractivity contribution >= 4 is 10.1 Å². The molecule has 32 heavy (non-hydrogen) atoms. The maximum absolute atomic E-state index is 11.0. The van der Waals surface area contributed by atoms with E-state index in [-0.39, 0.29) is 29.6 Å². The quantitative estimate of drug-likeness (QED) is 0.121. The Morgan fingerprint density at radius 2 is 1.16 bits per heavy atom. The van der Waals surface area contributed by atoms with Gasteiger partial charge in [0.15, 0.2) is 6.29 Å². The Hall–Kier alpha value is 0.710. The summed E-state index contributed by atoms with van der Waals surface area (Å²) in [5.74, 6) is -0.878. The molecule has 186 valence electrons. The largest absolute Gasteiger partial charge is 1.00 e. The molecule has 1 fully saturated rings. The van der Waals surface area contributed by atoms with Gasteiger partial charge in [-0.2, -0.15) is 8.42 Å². The summed E-state index contributed by atoms with van der Waals surface area (Å²) in [6.07, 6.45) is 9.97. The van der Waals surface area contributed by atoms with Crippen LogP contribution < -0.4 is 29.6 Å². The molecule has 8 nitrogen and oxygen atoms in total. The van der Waals surface area contributed by atoms with E-state index in [9.17, 15) is 23.7 Å². The molecule has 1 saturated heterocycles. The van der Waals surface area contributed by atoms with E-state index >= 15 is 0 Å². The summed E-state index contributed by atoms with van der Waals surface area (Å²) in [7, 11) is -4.41. The van der Waals surface area contributed by atoms with E-state index in [0.29, 0.717) is 6.61 Å². The molecule has 0 aromatic carbocycles. The molecule has 0 bridgehead atoms. The second kappa shape index (κ2) is 19.0. The van der Waals surface area contributed by atoms with Gasteiger partial charge in [-0.3, -0.25) is 4.55 Å². The Balaban J connectivity index is 0.00000961. The summed E-state index contributed by atoms with van der Waals surface area (Å²) >= 11 is 0. The van der Waals surface area contributed by atoms with Gasteiger partial charge in [0.05, 0.1) is 0 Å². The van der Waals surface area contributed by atoms with Crippen molar-refractivity contribution in [1.82, 2.24) is 0 Å². The SMILES string of the molecule is CCCCCCCCCCCCCCCCOC1OC(CS(=O)(=O)O)C(O)C(O)C1O.[Na+]. The molecule has 0 aliphatic carbocycles. The zero-order chi connectivity index (χ0) is 23.1. The van der Waals surface area contributed by atoms with Crippen LogP contribution in [0.5, 0.6) is 0 Å². The first-order valence-corrected chi connectivity index (χ1v) is 13.6. The molecule has 0 radical (unpaired) electrons. The molecule has 5 atom stereocenters. The molecule has 0 amide bonds. The van der Waals surface area contributed by atoms with E-state index in [4.69, 9.17) is 14.0 Å². The summed E-state index contributed by atoms with van der Waals surface area (Å²) in [5.41, 5.74) is 0. The number of rotatable bonds is 18. The van der Waals surface area contributed by atoms with Gasteiger partial charge in [-0.05, 0) is 6.42 Å². The number of unbranched alkanes of at least 4 members (excludes halogenated alkanes) is 13. The molecular formula is C22H44NaO8S+. The minimum Gasteiger partial charge on any atom is -0.388 e. The first-order valence-electron chi connectivity index (χ1n) is 12.0. The average molecular weight is 492 g/mol. The van der Waals surface area contributed by atoms with Gasteiger partial charge in [0.25, 0.3) is 10.1 Å². The van der Waals surface area contributed by atoms with Crippen LogP contribution in [0.25, 0.3) is 0 Å². The minimum atomic E-state index is -4.41. The Labute approximate surface area is 216 Å². The molecule has 5 unspecified atom stereocenters. The zero-order valence-electron chi connectivity index (χ0n) is 20.0. The van der Waals surface area contributed by atoms with Crippen molar-refractivity contribution in [1.29, 1.82) is 0 Å². The number of hydrogen-bond acceptors (Lipinski definition) is 7. The van der Waals surface area contributed by atoms with Crippen molar-refractivity contribution in [2.75, 3.05) is 12.4 Å². The van der Waals surface area contributed by atoms with Crippen LogP contribution in [0, 0.1) is 0 Å². The molecule has 1 aliphatic heterocycles. The van der Waals surface area contributed by atoms with Crippen molar-refractivity contribution < 1.29 is 67.3 Å². The van der Waals surface area contributed by atoms with E-state index < -0.39 is 46.6 Å². The van der Waals surface area contributed by atoms with Crippen LogP contribution >= 0.6 is 0 Å². The predicted molar refractivity (Wildman–Crippen MR) is 119 cm³/mol. The van der Waals surface area contributed by atoms with Crippen molar-refractivity contribution in [3.8, 4) is 0 Å². The standard InChI is InChI=1S/C22H44O8S.Na/c1-2-3-4-5-6-7-8-9-10-11-12-13-14-15-16-29-22-21(25)20(24)19(23)18(30-22)17-31(26,27)28;/h18-25H,2-17H2,1H3,(H,26,27,28);/q;+1. The average Bonchev–Trinajstić information content (AvgIpc) is 2.71. The fraction of sp³-hybridized carbons (Fsp3) is 1.00. The molecule has 4 N–H and O–H groups in total. The van der Waals surface area contributed by atoms with Crippen LogP contribution in [0.15, 0.2) is 0 Å². The summed E-state index contributed by atoms with van der Waals surface area (Å²) < 4.78 is 41.7. The van der Waals surface area contributed by atoms with Gasteiger partial charge in [0, 0.05) is 6.61 Å². The van der Waals surface area contributed by atoms with Gasteiger partial charge in [-0.25, -0.2) is 0 Å². The fourth-order valence-electron chi connectivity index (χ4n) is 3.90. The van der Waals surface area contributed by atoms with E-state index in [1.807, 2.05) is 0 Å². The summed E-state index contributed by atoms with van der Waals surface area (Å²) in [6, 6.07) is 0. The molecular weight excluding hydrogens is 447 g/mol. The zero-order valence-corrected chi connectivity index (χ0v) is 22.8. The third kappa shape index (κ3) is 14.9. The number of hydrogen-bond donors (Lipinski definition) is 4. The second-order valence-electron chi connectivity index (χ2n) is 8.73. The molecule has 0 aromatic rings. The van der Waals surface area contributed by atoms with Crippen molar-refractivity contribution in [3.63, 3.8) is 0 Å². The van der Waals surface area contributed by atoms with Crippen LogP contribution in [-0.2, 0) is 19.6 Å². The molecule has 0 spiro atoms. The fourth-order valence-corrected chi connectivity index (χ4v) is 4.59. The van der Waals surface area contributed by atoms with Gasteiger partial charge in [0.1, 0.15) is 30.2 Å². The first-order chi connectivity index (χ1) is 14.8. The summed E-state index contributed by atoms with van der Waals surface area (Å²) in [6.45, 7) is 2.53. The van der Waals surface area contributed by atoms with Gasteiger partial charge >= 0.3 is 29.6 Å². The van der Waals surface area contributed by atoms with Crippen LogP contribution in [0.4, 0.5) is 0 Å². The van der Waals surface area contributed by atoms with E-state index in [1.165, 1.54) is 70.6 Å². The van der Waals surface area contributed by atoms with Crippen LogP contribution in [-0.4, -0.2) is 71.4 Å². The normalized spacial score (nSPS) is 26.1. The Morgan fingerprint density at radius 3 is 1.59 bits per heavy atom. The molecule has 1 aliphatic rings. The summed E-state index contributed by atoms with van der Waals surface area (Å²) in [5, 5.41) is 29.7. The Kier molecular flexibility index (Phi) is 19.4. The van der Waals surface area contributed by atoms with Crippen molar-refractivity contribution in [2.45, 2.75) is 128 Å². The van der Waals surface area contributed by atoms with Gasteiger partial charge in [-0.15, -0.1) is 0 Å². The monoisotopic (exact) mass is 491 g/mol. The van der Waals surface area contributed by atoms with Gasteiger partial charge < -0.3 is 24.8 Å². The molecule has 1 rings (SSSR count). The second-order valence-corrected chi connectivity index (χ2v) is 10.2. The number of aliphatic hydroxyl groups is 3. The maximum Gasteiger partial charge on any atom is 1.00 e. The minimum absolute atomic E-state index is 0. The number of aliphatic hydroxyl groups excluding tert-OH is 3. The third-order valence-corrected chi connectivity index (χ3v) is 6.57. The topological polar surface area (TPSA) is 134 Å². The molecule has 10 heteroatoms. The van der Waals surface area contributed by atoms with E-state index in [2.05, 4.69) is 6.92 Å². The first kappa shape index (κ1) is 32.7. The molecule has 0 saturated carbocycles. The smallest absolute Gasteiger partial charge is 0.388 e. The van der Waals surface area contributed by atoms with E-state index in [1.54, 1.807) is 0 Å². The third-order valence-electron chi connectivity index (χ3n) is 5.82. The molecule has 0 aromatic heterocycles. The van der Waals surface area contributed by atoms with Crippen LogP contribution in [0.2, 0.25) is 0 Å². The van der Waals surface area contributed by atoms with E-state index in [0.717, 1.165) is 19.3 Å². The Bertz CT molecular complexity index is 548. The van der Waals surface area contributed by atoms with Gasteiger partial charge in [-0.1, -0.05) is 90.4 Å². The predicted octanol–water partition coefficient (Wildman–Crippen LogP) is 0.184. The van der Waals surface area contributed by atoms with Crippen molar-refractivity contribution in [3.05, 3.63) is 0 Å². The Morgan fingerprint density at radius 1 is 0.719 bits per heavy atom.